The molecule has 0 bridgehead atoms. The number of piperidine rings is 1. The minimum atomic E-state index is -5.65. The Hall–Kier alpha value is -0.632. The number of amides is 1. The van der Waals surface area contributed by atoms with Crippen LogP contribution in [-0.2, 0) is 8.53 Å². The number of aliphatic hydroxyl groups is 2. The number of hydrogen-bond acceptors (Lipinski definition) is 5. The number of rotatable bonds is 2. The van der Waals surface area contributed by atoms with Crippen LogP contribution in [0.4, 0.5) is 0 Å². The molecule has 8 nitrogen and oxygen atoms in total. The van der Waals surface area contributed by atoms with E-state index >= 15 is 0 Å². The molecule has 1 fully saturated rings. The molecule has 152 valence electrons. The third-order valence-corrected chi connectivity index (χ3v) is 9.43. The van der Waals surface area contributed by atoms with Gasteiger partial charge in [-0.3, -0.25) is 0 Å². The van der Waals surface area contributed by atoms with Crippen LogP contribution in [-0.4, -0.2) is 62.1 Å². The fourth-order valence-corrected chi connectivity index (χ4v) is 7.38. The fraction of sp³-hybridized carbons (Fsp3) is 0.824. The summed E-state index contributed by atoms with van der Waals surface area (Å²) in [7, 11) is 0. The number of carbonyl (C=O) groups is 1. The van der Waals surface area contributed by atoms with Crippen LogP contribution in [0.15, 0.2) is 11.8 Å². The molecule has 0 spiro atoms. The summed E-state index contributed by atoms with van der Waals surface area (Å²) in [6.45, 7) is 9.43. The molecule has 2 rings (SSSR count). The van der Waals surface area contributed by atoms with E-state index in [0.29, 0.717) is 0 Å². The van der Waals surface area contributed by atoms with Gasteiger partial charge < -0.3 is 5.32 Å². The van der Waals surface area contributed by atoms with Gasteiger partial charge in [-0.15, -0.1) is 0 Å². The van der Waals surface area contributed by atoms with Gasteiger partial charge in [-0.25, -0.2) is 0 Å². The summed E-state index contributed by atoms with van der Waals surface area (Å²) in [5.74, 6) is -0.408. The van der Waals surface area contributed by atoms with Crippen LogP contribution in [0, 0.1) is 10.8 Å². The van der Waals surface area contributed by atoms with Gasteiger partial charge >= 0.3 is 120 Å². The van der Waals surface area contributed by atoms with Gasteiger partial charge in [-0.2, -0.15) is 0 Å². The van der Waals surface area contributed by atoms with Crippen molar-refractivity contribution in [2.75, 3.05) is 13.1 Å². The summed E-state index contributed by atoms with van der Waals surface area (Å²) in [6, 6.07) is 0. The second-order valence-electron chi connectivity index (χ2n) is 8.15. The number of nitrogens with one attached hydrogen (secondary N) is 2. The molecule has 1 aliphatic heterocycles. The van der Waals surface area contributed by atoms with Crippen molar-refractivity contribution in [1.82, 2.24) is 10.6 Å². The molecule has 0 saturated carbocycles. The third kappa shape index (κ3) is 4.43. The molecule has 0 aromatic rings. The van der Waals surface area contributed by atoms with Crippen molar-refractivity contribution in [1.29, 1.82) is 0 Å². The molecule has 26 heavy (non-hydrogen) atoms. The third-order valence-electron chi connectivity index (χ3n) is 5.24. The van der Waals surface area contributed by atoms with E-state index in [2.05, 4.69) is 10.6 Å². The van der Waals surface area contributed by atoms with E-state index in [1.54, 1.807) is 0 Å². The molecule has 1 aliphatic carbocycles. The van der Waals surface area contributed by atoms with Crippen molar-refractivity contribution in [2.24, 2.45) is 10.8 Å². The second-order valence-corrected chi connectivity index (χ2v) is 11.8. The van der Waals surface area contributed by atoms with E-state index in [1.165, 1.54) is 73.0 Å². The van der Waals surface area contributed by atoms with E-state index < -0.39 is 41.4 Å². The van der Waals surface area contributed by atoms with Gasteiger partial charge in [0.1, 0.15) is 0 Å². The Morgan fingerprint density at radius 1 is 1.19 bits per heavy atom. The Kier molecular flexibility index (Phi) is 7.35. The zero-order valence-corrected chi connectivity index (χ0v) is 18.1. The summed E-state index contributed by atoms with van der Waals surface area (Å²) in [6.07, 6.45) is 4.12. The van der Waals surface area contributed by atoms with E-state index in [9.17, 15) is 26.9 Å². The van der Waals surface area contributed by atoms with Crippen molar-refractivity contribution in [3.8, 4) is 0 Å². The molecule has 0 aromatic carbocycles. The SMILES string of the molecule is C1CCNCC1.CC(=O)NC1=CC(C)(C)C(O)([As](=O)(O)O)C(C)(C)C1O. The number of carbonyl (C=O) groups excluding carboxylic acids is 1. The van der Waals surface area contributed by atoms with Crippen molar-refractivity contribution in [2.45, 2.75) is 64.4 Å². The van der Waals surface area contributed by atoms with Crippen LogP contribution in [0.2, 0.25) is 0 Å². The molecular weight excluding hydrogens is 403 g/mol. The monoisotopic (exact) mass is 436 g/mol. The quantitative estimate of drug-likeness (QED) is 0.330. The molecule has 0 radical (unpaired) electrons. The molecular formula is C17H33AsN2O6. The van der Waals surface area contributed by atoms with Crippen LogP contribution in [0.3, 0.4) is 0 Å². The van der Waals surface area contributed by atoms with Gasteiger partial charge in [0.05, 0.1) is 0 Å². The molecule has 1 saturated heterocycles. The van der Waals surface area contributed by atoms with Crippen molar-refractivity contribution < 1.29 is 26.9 Å². The van der Waals surface area contributed by atoms with E-state index in [0.717, 1.165) is 0 Å². The number of aliphatic hydroxyl groups excluding tert-OH is 1. The zero-order valence-electron chi connectivity index (χ0n) is 16.2. The zero-order chi connectivity index (χ0) is 20.4. The van der Waals surface area contributed by atoms with Crippen LogP contribution in [0.5, 0.6) is 0 Å². The average molecular weight is 436 g/mol. The summed E-state index contributed by atoms with van der Waals surface area (Å²) in [4.78, 5) is 11.2. The Morgan fingerprint density at radius 2 is 1.69 bits per heavy atom. The van der Waals surface area contributed by atoms with Crippen molar-refractivity contribution in [3.05, 3.63) is 11.8 Å². The maximum atomic E-state index is 11.9. The van der Waals surface area contributed by atoms with Crippen molar-refractivity contribution in [3.63, 3.8) is 0 Å². The standard InChI is InChI=1S/C12H22AsNO6.C5H11N/c1-7(15)14-8-6-10(2,3)12(17,13(18,19)20)11(4,5)9(8)16;1-2-4-6-5-3-1/h6,9,16-17H,1-5H3,(H,14,15)(H2,18,19,20);6H,1-5H2. The Balaban J connectivity index is 0.000000472. The van der Waals surface area contributed by atoms with Crippen LogP contribution in [0.25, 0.3) is 0 Å². The first-order valence-electron chi connectivity index (χ1n) is 8.85. The van der Waals surface area contributed by atoms with E-state index in [1.807, 2.05) is 0 Å². The van der Waals surface area contributed by atoms with Gasteiger partial charge in [0.25, 0.3) is 0 Å². The normalized spacial score (nSPS) is 30.5. The number of hydrogen-bond donors (Lipinski definition) is 6. The summed E-state index contributed by atoms with van der Waals surface area (Å²) < 4.78 is 28.8. The van der Waals surface area contributed by atoms with Crippen molar-refractivity contribution >= 4 is 20.1 Å². The first-order valence-corrected chi connectivity index (χ1v) is 12.2. The Bertz CT molecular complexity index is 583. The topological polar surface area (TPSA) is 139 Å². The summed E-state index contributed by atoms with van der Waals surface area (Å²) in [5, 5.41) is 26.8. The Labute approximate surface area is 158 Å². The van der Waals surface area contributed by atoms with Gasteiger partial charge in [0.2, 0.25) is 0 Å². The van der Waals surface area contributed by atoms with Gasteiger partial charge in [0.15, 0.2) is 0 Å². The van der Waals surface area contributed by atoms with Crippen LogP contribution >= 0.6 is 0 Å². The molecule has 1 heterocycles. The van der Waals surface area contributed by atoms with Crippen LogP contribution in [0.1, 0.15) is 53.9 Å². The van der Waals surface area contributed by atoms with E-state index in [4.69, 9.17) is 0 Å². The van der Waals surface area contributed by atoms with Gasteiger partial charge in [-0.1, -0.05) is 6.42 Å². The average Bonchev–Trinajstić information content (AvgIpc) is 2.51. The maximum absolute atomic E-state index is 11.9. The summed E-state index contributed by atoms with van der Waals surface area (Å²) in [5.41, 5.74) is -2.73. The minimum absolute atomic E-state index is 0.140. The Morgan fingerprint density at radius 3 is 2.00 bits per heavy atom. The van der Waals surface area contributed by atoms with Crippen LogP contribution < -0.4 is 10.6 Å². The van der Waals surface area contributed by atoms with E-state index in [-0.39, 0.29) is 5.70 Å². The predicted molar refractivity (Wildman–Crippen MR) is 98.0 cm³/mol. The molecule has 2 atom stereocenters. The molecule has 1 amide bonds. The first-order chi connectivity index (χ1) is 11.7. The second kappa shape index (κ2) is 8.17. The predicted octanol–water partition coefficient (Wildman–Crippen LogP) is -0.182. The molecule has 2 unspecified atom stereocenters. The first kappa shape index (κ1) is 23.4. The fourth-order valence-electron chi connectivity index (χ4n) is 3.84. The molecule has 0 aromatic heterocycles. The molecule has 9 heteroatoms. The summed E-state index contributed by atoms with van der Waals surface area (Å²) >= 11 is -5.65. The molecule has 2 aliphatic rings. The van der Waals surface area contributed by atoms with Gasteiger partial charge in [-0.05, 0) is 25.9 Å². The molecule has 6 N–H and O–H groups in total. The van der Waals surface area contributed by atoms with Gasteiger partial charge in [0, 0.05) is 0 Å².